The standard InChI is InChI=1S/C25H28N2O5S/c1-16-7-4-5-9-20(16)23-14-26-24(28)22-13-18(10-11-21(22)23)32-17(2)25(29)27-12-6-8-19(15-27)33(3,30)31/h4-5,7,9-11,13-14,17,19H,6,8,12,15H2,1-3H3,(H,26,28)/t17-,19?/m1/s1. The molecule has 0 spiro atoms. The van der Waals surface area contributed by atoms with Crippen LogP contribution in [0.2, 0.25) is 0 Å². The lowest BCUT2D eigenvalue weighted by atomic mass is 9.97. The summed E-state index contributed by atoms with van der Waals surface area (Å²) in [5, 5.41) is 0.732. The second-order valence-electron chi connectivity index (χ2n) is 8.69. The molecule has 2 aromatic carbocycles. The Morgan fingerprint density at radius 1 is 1.15 bits per heavy atom. The highest BCUT2D eigenvalue weighted by Crippen LogP contribution is 2.31. The number of aromatic amines is 1. The molecule has 1 saturated heterocycles. The van der Waals surface area contributed by atoms with Crippen molar-refractivity contribution in [2.45, 2.75) is 38.0 Å². The number of nitrogens with one attached hydrogen (secondary N) is 1. The average molecular weight is 469 g/mol. The molecule has 1 aromatic heterocycles. The number of hydrogen-bond donors (Lipinski definition) is 1. The minimum Gasteiger partial charge on any atom is -0.481 e. The minimum atomic E-state index is -3.21. The van der Waals surface area contributed by atoms with Crippen molar-refractivity contribution in [3.05, 3.63) is 64.6 Å². The molecule has 4 rings (SSSR count). The van der Waals surface area contributed by atoms with Crippen LogP contribution >= 0.6 is 0 Å². The Bertz CT molecular complexity index is 1360. The van der Waals surface area contributed by atoms with E-state index in [0.717, 1.165) is 22.1 Å². The Labute approximate surface area is 193 Å². The molecule has 1 aliphatic heterocycles. The number of carbonyl (C=O) groups excluding carboxylic acids is 1. The van der Waals surface area contributed by atoms with E-state index in [1.54, 1.807) is 30.2 Å². The van der Waals surface area contributed by atoms with Crippen molar-refractivity contribution >= 4 is 26.5 Å². The smallest absolute Gasteiger partial charge is 0.263 e. The summed E-state index contributed by atoms with van der Waals surface area (Å²) in [6.45, 7) is 4.36. The van der Waals surface area contributed by atoms with Crippen LogP contribution in [0.25, 0.3) is 21.9 Å². The number of ether oxygens (including phenoxy) is 1. The molecule has 1 amide bonds. The molecule has 1 fully saturated rings. The lowest BCUT2D eigenvalue weighted by Crippen LogP contribution is -2.49. The van der Waals surface area contributed by atoms with Gasteiger partial charge in [0.2, 0.25) is 0 Å². The predicted molar refractivity (Wildman–Crippen MR) is 129 cm³/mol. The number of aryl methyl sites for hydroxylation is 1. The predicted octanol–water partition coefficient (Wildman–Crippen LogP) is 3.31. The lowest BCUT2D eigenvalue weighted by molar-refractivity contribution is -0.138. The van der Waals surface area contributed by atoms with Crippen molar-refractivity contribution in [1.82, 2.24) is 9.88 Å². The number of hydrogen-bond acceptors (Lipinski definition) is 5. The van der Waals surface area contributed by atoms with Gasteiger partial charge in [0.1, 0.15) is 5.75 Å². The van der Waals surface area contributed by atoms with Crippen molar-refractivity contribution in [2.75, 3.05) is 19.3 Å². The minimum absolute atomic E-state index is 0.183. The number of benzene rings is 2. The first-order valence-corrected chi connectivity index (χ1v) is 13.0. The van der Waals surface area contributed by atoms with Gasteiger partial charge >= 0.3 is 0 Å². The first kappa shape index (κ1) is 23.0. The molecule has 174 valence electrons. The molecule has 3 aromatic rings. The van der Waals surface area contributed by atoms with Gasteiger partial charge in [-0.25, -0.2) is 8.42 Å². The number of likely N-dealkylation sites (tertiary alicyclic amines) is 1. The number of sulfone groups is 1. The molecule has 2 heterocycles. The third-order valence-corrected chi connectivity index (χ3v) is 7.86. The fraction of sp³-hybridized carbons (Fsp3) is 0.360. The number of pyridine rings is 1. The maximum atomic E-state index is 12.9. The van der Waals surface area contributed by atoms with Crippen molar-refractivity contribution in [3.8, 4) is 16.9 Å². The molecule has 0 radical (unpaired) electrons. The van der Waals surface area contributed by atoms with Crippen LogP contribution in [-0.4, -0.2) is 54.9 Å². The Kier molecular flexibility index (Phi) is 6.30. The highest BCUT2D eigenvalue weighted by Gasteiger charge is 2.32. The van der Waals surface area contributed by atoms with Gasteiger partial charge in [0.05, 0.1) is 10.6 Å². The number of rotatable bonds is 5. The van der Waals surface area contributed by atoms with E-state index in [1.807, 2.05) is 37.3 Å². The van der Waals surface area contributed by atoms with Crippen LogP contribution in [0.3, 0.4) is 0 Å². The Hall–Kier alpha value is -3.13. The number of carbonyl (C=O) groups is 1. The third kappa shape index (κ3) is 4.80. The van der Waals surface area contributed by atoms with Gasteiger partial charge in [-0.1, -0.05) is 24.3 Å². The maximum Gasteiger partial charge on any atom is 0.263 e. The Balaban J connectivity index is 1.58. The van der Waals surface area contributed by atoms with Crippen molar-refractivity contribution in [2.24, 2.45) is 0 Å². The molecule has 0 saturated carbocycles. The van der Waals surface area contributed by atoms with Gasteiger partial charge in [-0.2, -0.15) is 0 Å². The van der Waals surface area contributed by atoms with E-state index in [4.69, 9.17) is 4.74 Å². The largest absolute Gasteiger partial charge is 0.481 e. The molecule has 1 unspecified atom stereocenters. The molecule has 1 aliphatic rings. The van der Waals surface area contributed by atoms with Crippen molar-refractivity contribution in [3.63, 3.8) is 0 Å². The second kappa shape index (κ2) is 9.02. The quantitative estimate of drug-likeness (QED) is 0.620. The Morgan fingerprint density at radius 2 is 1.91 bits per heavy atom. The summed E-state index contributed by atoms with van der Waals surface area (Å²) in [6, 6.07) is 13.2. The number of fused-ring (bicyclic) bond motifs is 1. The monoisotopic (exact) mass is 468 g/mol. The van der Waals surface area contributed by atoms with E-state index in [-0.39, 0.29) is 18.0 Å². The number of piperidine rings is 1. The molecule has 33 heavy (non-hydrogen) atoms. The van der Waals surface area contributed by atoms with E-state index < -0.39 is 21.2 Å². The van der Waals surface area contributed by atoms with Crippen molar-refractivity contribution in [1.29, 1.82) is 0 Å². The van der Waals surface area contributed by atoms with Crippen LogP contribution in [0, 0.1) is 6.92 Å². The van der Waals surface area contributed by atoms with Crippen LogP contribution in [-0.2, 0) is 14.6 Å². The highest BCUT2D eigenvalue weighted by atomic mass is 32.2. The fourth-order valence-electron chi connectivity index (χ4n) is 4.41. The van der Waals surface area contributed by atoms with Gasteiger partial charge in [0.25, 0.3) is 11.5 Å². The van der Waals surface area contributed by atoms with E-state index in [1.165, 1.54) is 6.26 Å². The first-order chi connectivity index (χ1) is 15.6. The molecular weight excluding hydrogens is 440 g/mol. The third-order valence-electron chi connectivity index (χ3n) is 6.26. The second-order valence-corrected chi connectivity index (χ2v) is 11.0. The summed E-state index contributed by atoms with van der Waals surface area (Å²) in [5.41, 5.74) is 2.80. The summed E-state index contributed by atoms with van der Waals surface area (Å²) < 4.78 is 29.7. The summed E-state index contributed by atoms with van der Waals surface area (Å²) in [6.07, 6.45) is 3.33. The van der Waals surface area contributed by atoms with E-state index >= 15 is 0 Å². The molecule has 0 bridgehead atoms. The average Bonchev–Trinajstić information content (AvgIpc) is 2.79. The van der Waals surface area contributed by atoms with E-state index in [0.29, 0.717) is 30.5 Å². The molecular formula is C25H28N2O5S. The number of nitrogens with zero attached hydrogens (tertiary/aromatic N) is 1. The lowest BCUT2D eigenvalue weighted by Gasteiger charge is -2.33. The molecule has 7 nitrogen and oxygen atoms in total. The summed E-state index contributed by atoms with van der Waals surface area (Å²) in [4.78, 5) is 29.8. The van der Waals surface area contributed by atoms with Crippen LogP contribution in [0.15, 0.2) is 53.5 Å². The SMILES string of the molecule is Cc1ccccc1-c1c[nH]c(=O)c2cc(O[C@H](C)C(=O)N3CCCC(S(C)(=O)=O)C3)ccc12. The number of amides is 1. The molecule has 2 atom stereocenters. The van der Waals surface area contributed by atoms with Gasteiger partial charge in [-0.15, -0.1) is 0 Å². The van der Waals surface area contributed by atoms with Gasteiger partial charge in [0, 0.05) is 31.1 Å². The van der Waals surface area contributed by atoms with E-state index in [2.05, 4.69) is 4.98 Å². The summed E-state index contributed by atoms with van der Waals surface area (Å²) in [7, 11) is -3.21. The molecule has 1 N–H and O–H groups in total. The topological polar surface area (TPSA) is 96.5 Å². The van der Waals surface area contributed by atoms with Crippen molar-refractivity contribution < 1.29 is 17.9 Å². The van der Waals surface area contributed by atoms with E-state index in [9.17, 15) is 18.0 Å². The van der Waals surface area contributed by atoms with Gasteiger partial charge < -0.3 is 14.6 Å². The zero-order valence-corrected chi connectivity index (χ0v) is 19.8. The summed E-state index contributed by atoms with van der Waals surface area (Å²) >= 11 is 0. The fourth-order valence-corrected chi connectivity index (χ4v) is 5.46. The Morgan fingerprint density at radius 3 is 2.64 bits per heavy atom. The summed E-state index contributed by atoms with van der Waals surface area (Å²) in [5.74, 6) is 0.151. The maximum absolute atomic E-state index is 12.9. The normalized spacial score (nSPS) is 17.7. The van der Waals surface area contributed by atoms with Crippen LogP contribution in [0.1, 0.15) is 25.3 Å². The van der Waals surface area contributed by atoms with Gasteiger partial charge in [0.15, 0.2) is 15.9 Å². The van der Waals surface area contributed by atoms with Gasteiger partial charge in [-0.05, 0) is 61.4 Å². The van der Waals surface area contributed by atoms with Crippen LogP contribution < -0.4 is 10.3 Å². The zero-order chi connectivity index (χ0) is 23.8. The molecule has 0 aliphatic carbocycles. The molecule has 8 heteroatoms. The number of H-pyrrole nitrogens is 1. The van der Waals surface area contributed by atoms with Gasteiger partial charge in [-0.3, -0.25) is 9.59 Å². The van der Waals surface area contributed by atoms with Crippen LogP contribution in [0.4, 0.5) is 0 Å². The highest BCUT2D eigenvalue weighted by molar-refractivity contribution is 7.91. The number of aromatic nitrogens is 1. The van der Waals surface area contributed by atoms with Crippen LogP contribution in [0.5, 0.6) is 5.75 Å². The zero-order valence-electron chi connectivity index (χ0n) is 19.0. The first-order valence-electron chi connectivity index (χ1n) is 11.0.